The van der Waals surface area contributed by atoms with Crippen LogP contribution in [-0.4, -0.2) is 0 Å². The van der Waals surface area contributed by atoms with Crippen LogP contribution in [0.25, 0.3) is 0 Å². The molecule has 0 N–H and O–H groups in total. The topological polar surface area (TPSA) is 18.5 Å². The minimum Gasteiger partial charge on any atom is -0.457 e. The van der Waals surface area contributed by atoms with E-state index in [1.165, 1.54) is 92.1 Å². The summed E-state index contributed by atoms with van der Waals surface area (Å²) in [5.74, 6) is 3.34. The average Bonchev–Trinajstić information content (AvgIpc) is 0.808. The highest BCUT2D eigenvalue weighted by atomic mass is 32.2. The molecule has 0 aliphatic rings. The zero-order chi connectivity index (χ0) is 72.8. The summed E-state index contributed by atoms with van der Waals surface area (Å²) in [5.41, 5.74) is 8.79. The zero-order valence-electron chi connectivity index (χ0n) is 63.3. The van der Waals surface area contributed by atoms with Gasteiger partial charge in [0.05, 0.1) is 43.6 Å². The lowest BCUT2D eigenvalue weighted by atomic mass is 9.87. The first-order valence-electron chi connectivity index (χ1n) is 35.8. The minimum atomic E-state index is -0.252. The summed E-state index contributed by atoms with van der Waals surface area (Å²) in [6.45, 7) is 40.9. The second-order valence-corrected chi connectivity index (χ2v) is 40.7. The second-order valence-electron chi connectivity index (χ2n) is 32.6. The molecule has 2 unspecified atom stereocenters. The van der Waals surface area contributed by atoms with Crippen molar-refractivity contribution >= 4 is 43.6 Å². The van der Waals surface area contributed by atoms with E-state index in [1.54, 1.807) is 0 Å². The van der Waals surface area contributed by atoms with E-state index in [9.17, 15) is 0 Å². The second kappa shape index (κ2) is 31.3. The quantitative estimate of drug-likeness (QED) is 0.0898. The van der Waals surface area contributed by atoms with E-state index in [2.05, 4.69) is 428 Å². The summed E-state index contributed by atoms with van der Waals surface area (Å²) in [6, 6.07) is 112. The van der Waals surface area contributed by atoms with Gasteiger partial charge < -0.3 is 9.47 Å². The van der Waals surface area contributed by atoms with Crippen LogP contribution in [0.1, 0.15) is 158 Å². The van der Waals surface area contributed by atoms with E-state index in [4.69, 9.17) is 9.47 Å². The predicted molar refractivity (Wildman–Crippen MR) is 438 cm³/mol. The lowest BCUT2D eigenvalue weighted by molar-refractivity contribution is 0.481. The fourth-order valence-corrected chi connectivity index (χ4v) is 20.3. The van der Waals surface area contributed by atoms with Gasteiger partial charge in [-0.2, -0.15) is 0 Å². The first-order valence-corrected chi connectivity index (χ1v) is 40.7. The Morgan fingerprint density at radius 2 is 0.265 bits per heavy atom. The summed E-state index contributed by atoms with van der Waals surface area (Å²) in [6.07, 6.45) is 0. The third kappa shape index (κ3) is 18.9. The maximum absolute atomic E-state index is 6.49. The Balaban J connectivity index is 0.000000207. The highest BCUT2D eigenvalue weighted by Gasteiger charge is 2.35. The number of rotatable bonds is 16. The third-order valence-corrected chi connectivity index (χ3v) is 27.3. The van der Waals surface area contributed by atoms with E-state index in [-0.39, 0.29) is 76.1 Å². The maximum Gasteiger partial charge on any atom is 0.166 e. The summed E-state index contributed by atoms with van der Waals surface area (Å²) in [4.78, 5) is 15.6. The van der Waals surface area contributed by atoms with E-state index < -0.39 is 0 Å². The van der Waals surface area contributed by atoms with Gasteiger partial charge in [0.25, 0.3) is 0 Å². The first-order chi connectivity index (χ1) is 48.3. The van der Waals surface area contributed by atoms with Crippen LogP contribution in [0.3, 0.4) is 0 Å². The predicted octanol–water partition coefficient (Wildman–Crippen LogP) is 27.1. The van der Waals surface area contributed by atoms with Gasteiger partial charge in [0.2, 0.25) is 0 Å². The molecule has 102 heavy (non-hydrogen) atoms. The molecule has 0 fully saturated rings. The van der Waals surface area contributed by atoms with Crippen LogP contribution in [0.4, 0.5) is 0 Å². The Morgan fingerprint density at radius 1 is 0.147 bits per heavy atom. The molecule has 12 aromatic rings. The number of benzene rings is 12. The molecule has 12 rings (SSSR count). The van der Waals surface area contributed by atoms with Crippen molar-refractivity contribution in [1.29, 1.82) is 0 Å². The van der Waals surface area contributed by atoms with Gasteiger partial charge in [0.1, 0.15) is 23.0 Å². The number of hydrogen-bond donors (Lipinski definition) is 0. The molecule has 0 aromatic heterocycles. The average molecular weight is 1420 g/mol. The Morgan fingerprint density at radius 3 is 0.392 bits per heavy atom. The van der Waals surface area contributed by atoms with Gasteiger partial charge in [0, 0.05) is 0 Å². The molecule has 0 bridgehead atoms. The molecule has 0 amide bonds. The molecule has 0 radical (unpaired) electrons. The molecule has 0 aliphatic heterocycles. The molecule has 2 atom stereocenters. The van der Waals surface area contributed by atoms with Gasteiger partial charge >= 0.3 is 0 Å². The van der Waals surface area contributed by atoms with Gasteiger partial charge in [-0.3, -0.25) is 0 Å². The minimum absolute atomic E-state index is 0.111. The van der Waals surface area contributed by atoms with Crippen LogP contribution >= 0.6 is 0 Å². The number of hydrogen-bond acceptors (Lipinski definition) is 2. The standard InChI is InChI=1S/C52H60OS2.C44H44OS2/c1-49(2,3)37-13-25-43(26-14-37)54(44-27-15-38(16-28-44)50(4,5)6)47-33-21-41(22-34-47)53-42-23-35-48(36-24-42)55(45-29-17-39(18-30-45)51(7,8)9)46-31-19-40(20-32-46)52(10,11)12;1-43(2,3)33-17-25-39(26-18-33)46(37-13-9-7-10-14-37)41-29-21-35(22-30-41)45-36-23-31-42(32-24-36)47(38-15-11-8-12-16-38)40-27-19-34(20-28-40)44(4,5)6/h13-36H,1-12H3;7-32H,1-6H3/q2*+2. The van der Waals surface area contributed by atoms with E-state index >= 15 is 0 Å². The fourth-order valence-electron chi connectivity index (χ4n) is 12.1. The van der Waals surface area contributed by atoms with Crippen molar-refractivity contribution < 1.29 is 9.47 Å². The first kappa shape index (κ1) is 74.8. The van der Waals surface area contributed by atoms with Gasteiger partial charge in [-0.25, -0.2) is 0 Å². The molecule has 6 heteroatoms. The molecule has 0 saturated heterocycles. The fraction of sp³-hybridized carbons (Fsp3) is 0.250. The largest absolute Gasteiger partial charge is 0.457 e. The zero-order valence-corrected chi connectivity index (χ0v) is 66.6. The molecule has 0 saturated carbocycles. The molecule has 0 aliphatic carbocycles. The van der Waals surface area contributed by atoms with Crippen molar-refractivity contribution in [3.63, 3.8) is 0 Å². The molecular weight excluding hydrogens is 1310 g/mol. The Hall–Kier alpha value is -8.36. The summed E-state index contributed by atoms with van der Waals surface area (Å²) in [5, 5.41) is 0. The SMILES string of the molecule is CC(C)(C)c1ccc([S+](c2ccc(Oc3ccc([S+](c4ccc(C(C)(C)C)cc4)c4ccc(C(C)(C)C)cc4)cc3)cc2)c2ccc(C(C)(C)C)cc2)cc1.CC(C)(C)c1ccc([S+](c2ccccc2)c2ccc(Oc3ccc([S+](c4ccccc4)c4ccc(C(C)(C)C)cc4)cc3)cc2)cc1. The van der Waals surface area contributed by atoms with Crippen LogP contribution in [-0.2, 0) is 76.1 Å². The normalized spacial score (nSPS) is 12.9. The van der Waals surface area contributed by atoms with Crippen LogP contribution in [0.5, 0.6) is 23.0 Å². The van der Waals surface area contributed by atoms with Crippen LogP contribution in [0.2, 0.25) is 0 Å². The van der Waals surface area contributed by atoms with Crippen molar-refractivity contribution in [3.8, 4) is 23.0 Å². The van der Waals surface area contributed by atoms with Crippen molar-refractivity contribution in [2.24, 2.45) is 0 Å². The Bertz CT molecular complexity index is 4210. The molecular formula is C96H104O2S4+4. The van der Waals surface area contributed by atoms with Gasteiger partial charge in [-0.1, -0.05) is 234 Å². The monoisotopic (exact) mass is 1420 g/mol. The van der Waals surface area contributed by atoms with Crippen molar-refractivity contribution in [1.82, 2.24) is 0 Å². The highest BCUT2D eigenvalue weighted by molar-refractivity contribution is 7.98. The van der Waals surface area contributed by atoms with Gasteiger partial charge in [0.15, 0.2) is 58.7 Å². The third-order valence-electron chi connectivity index (χ3n) is 18.4. The van der Waals surface area contributed by atoms with Gasteiger partial charge in [-0.05, 0) is 260 Å². The summed E-state index contributed by atoms with van der Waals surface area (Å²) in [7, 11) is -0.926. The highest BCUT2D eigenvalue weighted by Crippen LogP contribution is 2.41. The van der Waals surface area contributed by atoms with E-state index in [0.29, 0.717) is 0 Å². The number of ether oxygens (including phenoxy) is 2. The lowest BCUT2D eigenvalue weighted by Crippen LogP contribution is -2.13. The smallest absolute Gasteiger partial charge is 0.166 e. The molecule has 0 spiro atoms. The van der Waals surface area contributed by atoms with E-state index in [1.807, 2.05) is 0 Å². The van der Waals surface area contributed by atoms with E-state index in [0.717, 1.165) is 23.0 Å². The lowest BCUT2D eigenvalue weighted by Gasteiger charge is -2.20. The molecule has 2 nitrogen and oxygen atoms in total. The Labute approximate surface area is 623 Å². The van der Waals surface area contributed by atoms with Crippen LogP contribution < -0.4 is 9.47 Å². The van der Waals surface area contributed by atoms with Gasteiger partial charge in [-0.15, -0.1) is 0 Å². The van der Waals surface area contributed by atoms with Crippen LogP contribution in [0.15, 0.2) is 362 Å². The molecule has 0 heterocycles. The van der Waals surface area contributed by atoms with Crippen molar-refractivity contribution in [2.75, 3.05) is 0 Å². The summed E-state index contributed by atoms with van der Waals surface area (Å²) < 4.78 is 12.9. The van der Waals surface area contributed by atoms with Crippen molar-refractivity contribution in [3.05, 3.63) is 337 Å². The maximum atomic E-state index is 6.49. The van der Waals surface area contributed by atoms with Crippen molar-refractivity contribution in [2.45, 2.75) is 216 Å². The Kier molecular flexibility index (Phi) is 23.0. The molecule has 520 valence electrons. The molecule has 12 aromatic carbocycles. The van der Waals surface area contributed by atoms with Crippen LogP contribution in [0, 0.1) is 0 Å². The summed E-state index contributed by atoms with van der Waals surface area (Å²) >= 11 is 0.